The highest BCUT2D eigenvalue weighted by atomic mass is 16.5. The number of nitrogens with one attached hydrogen (secondary N) is 1. The maximum atomic E-state index is 5.55. The second kappa shape index (κ2) is 10.4. The van der Waals surface area contributed by atoms with Crippen LogP contribution in [0, 0.1) is 0 Å². The van der Waals surface area contributed by atoms with Gasteiger partial charge in [0.1, 0.15) is 11.0 Å². The van der Waals surface area contributed by atoms with Crippen molar-refractivity contribution in [2.75, 3.05) is 33.2 Å². The van der Waals surface area contributed by atoms with E-state index in [9.17, 15) is 0 Å². The molecule has 0 bridgehead atoms. The fraction of sp³-hybridized carbons (Fsp3) is 0.346. The highest BCUT2D eigenvalue weighted by Gasteiger charge is 2.20. The summed E-state index contributed by atoms with van der Waals surface area (Å²) < 4.78 is 18.4. The molecular weight excluding hydrogens is 430 g/mol. The molecule has 34 heavy (non-hydrogen) atoms. The summed E-state index contributed by atoms with van der Waals surface area (Å²) in [5.41, 5.74) is 4.75. The number of fused-ring (bicyclic) bond motifs is 1. The molecule has 178 valence electrons. The number of benzene rings is 2. The summed E-state index contributed by atoms with van der Waals surface area (Å²) in [6.07, 6.45) is 2.70. The van der Waals surface area contributed by atoms with Crippen LogP contribution in [-0.2, 0) is 19.9 Å². The molecule has 0 aliphatic rings. The van der Waals surface area contributed by atoms with Crippen LogP contribution in [0.2, 0.25) is 0 Å². The zero-order chi connectivity index (χ0) is 24.1. The molecule has 4 rings (SSSR count). The number of aromatic nitrogens is 4. The zero-order valence-electron chi connectivity index (χ0n) is 20.4. The van der Waals surface area contributed by atoms with Gasteiger partial charge >= 0.3 is 0 Å². The Kier molecular flexibility index (Phi) is 7.15. The van der Waals surface area contributed by atoms with Crippen LogP contribution in [-0.4, -0.2) is 47.6 Å². The largest absolute Gasteiger partial charge is 0.493 e. The minimum atomic E-state index is 0.532. The Labute approximate surface area is 199 Å². The molecule has 0 saturated heterocycles. The summed E-state index contributed by atoms with van der Waals surface area (Å²) in [5, 5.41) is 8.26. The van der Waals surface area contributed by atoms with E-state index in [1.165, 1.54) is 5.56 Å². The van der Waals surface area contributed by atoms with Crippen molar-refractivity contribution in [3.05, 3.63) is 53.7 Å². The number of anilines is 1. The average molecular weight is 462 g/mol. The Bertz CT molecular complexity index is 1250. The first-order chi connectivity index (χ1) is 16.6. The lowest BCUT2D eigenvalue weighted by Gasteiger charge is -2.15. The molecule has 0 spiro atoms. The zero-order valence-corrected chi connectivity index (χ0v) is 20.4. The predicted molar refractivity (Wildman–Crippen MR) is 134 cm³/mol. The number of methoxy groups -OCH3 is 3. The summed E-state index contributed by atoms with van der Waals surface area (Å²) in [6, 6.07) is 14.1. The van der Waals surface area contributed by atoms with Crippen molar-refractivity contribution >= 4 is 16.9 Å². The Balaban J connectivity index is 1.80. The van der Waals surface area contributed by atoms with Gasteiger partial charge in [0.2, 0.25) is 5.75 Å². The second-order valence-corrected chi connectivity index (χ2v) is 7.99. The third-order valence-electron chi connectivity index (χ3n) is 5.71. The smallest absolute Gasteiger partial charge is 0.203 e. The van der Waals surface area contributed by atoms with Gasteiger partial charge in [0.25, 0.3) is 0 Å². The minimum Gasteiger partial charge on any atom is -0.493 e. The molecule has 0 saturated carbocycles. The molecule has 2 heterocycles. The van der Waals surface area contributed by atoms with E-state index in [0.29, 0.717) is 23.1 Å². The fourth-order valence-electron chi connectivity index (χ4n) is 4.08. The number of hydrogen-bond donors (Lipinski definition) is 1. The molecule has 2 aromatic carbocycles. The van der Waals surface area contributed by atoms with Gasteiger partial charge in [-0.3, -0.25) is 4.68 Å². The minimum absolute atomic E-state index is 0.532. The molecule has 0 atom stereocenters. The summed E-state index contributed by atoms with van der Waals surface area (Å²) in [4.78, 5) is 9.84. The van der Waals surface area contributed by atoms with Crippen molar-refractivity contribution in [3.8, 4) is 28.6 Å². The molecule has 0 fully saturated rings. The van der Waals surface area contributed by atoms with Gasteiger partial charge in [-0.2, -0.15) is 5.10 Å². The van der Waals surface area contributed by atoms with E-state index in [0.717, 1.165) is 53.9 Å². The van der Waals surface area contributed by atoms with Gasteiger partial charge in [-0.15, -0.1) is 0 Å². The fourth-order valence-corrected chi connectivity index (χ4v) is 4.08. The first kappa shape index (κ1) is 23.4. The van der Waals surface area contributed by atoms with Crippen molar-refractivity contribution in [1.82, 2.24) is 19.7 Å². The lowest BCUT2D eigenvalue weighted by molar-refractivity contribution is 0.324. The lowest BCUT2D eigenvalue weighted by Crippen LogP contribution is -2.09. The number of aryl methyl sites for hydroxylation is 2. The van der Waals surface area contributed by atoms with Crippen LogP contribution in [0.5, 0.6) is 17.2 Å². The Hall–Kier alpha value is -3.81. The molecule has 1 N–H and O–H groups in total. The molecule has 0 aliphatic heterocycles. The molecule has 0 unspecified atom stereocenters. The van der Waals surface area contributed by atoms with E-state index < -0.39 is 0 Å². The summed E-state index contributed by atoms with van der Waals surface area (Å²) >= 11 is 0. The van der Waals surface area contributed by atoms with Crippen molar-refractivity contribution < 1.29 is 14.2 Å². The highest BCUT2D eigenvalue weighted by Crippen LogP contribution is 2.41. The van der Waals surface area contributed by atoms with Crippen LogP contribution in [0.3, 0.4) is 0 Å². The third-order valence-corrected chi connectivity index (χ3v) is 5.71. The standard InChI is InChI=1S/C26H31N5O3/c1-6-10-19-22-23(31(2)30-19)26(27-14-13-17-11-8-7-9-12-17)29-25(28-22)18-15-20(32-3)24(34-5)21(16-18)33-4/h7-9,11-12,15-16H,6,10,13-14H2,1-5H3,(H,27,28,29). The number of nitrogens with zero attached hydrogens (tertiary/aromatic N) is 4. The molecule has 2 aromatic heterocycles. The van der Waals surface area contributed by atoms with Crippen LogP contribution in [0.1, 0.15) is 24.6 Å². The van der Waals surface area contributed by atoms with Gasteiger partial charge in [-0.25, -0.2) is 9.97 Å². The molecule has 0 amide bonds. The Morgan fingerprint density at radius 2 is 1.62 bits per heavy atom. The highest BCUT2D eigenvalue weighted by molar-refractivity contribution is 5.89. The van der Waals surface area contributed by atoms with Crippen LogP contribution in [0.25, 0.3) is 22.4 Å². The number of rotatable bonds is 10. The van der Waals surface area contributed by atoms with Crippen LogP contribution >= 0.6 is 0 Å². The van der Waals surface area contributed by atoms with Crippen molar-refractivity contribution in [2.24, 2.45) is 7.05 Å². The summed E-state index contributed by atoms with van der Waals surface area (Å²) in [6.45, 7) is 2.87. The van der Waals surface area contributed by atoms with Crippen molar-refractivity contribution in [1.29, 1.82) is 0 Å². The van der Waals surface area contributed by atoms with Crippen molar-refractivity contribution in [3.63, 3.8) is 0 Å². The van der Waals surface area contributed by atoms with E-state index in [4.69, 9.17) is 29.3 Å². The number of hydrogen-bond acceptors (Lipinski definition) is 7. The second-order valence-electron chi connectivity index (χ2n) is 7.99. The van der Waals surface area contributed by atoms with Crippen molar-refractivity contribution in [2.45, 2.75) is 26.2 Å². The van der Waals surface area contributed by atoms with E-state index in [1.54, 1.807) is 21.3 Å². The average Bonchev–Trinajstić information content (AvgIpc) is 3.19. The maximum absolute atomic E-state index is 5.55. The van der Waals surface area contributed by atoms with Gasteiger partial charge in [-0.1, -0.05) is 43.7 Å². The van der Waals surface area contributed by atoms with Gasteiger partial charge in [0.05, 0.1) is 27.0 Å². The SMILES string of the molecule is CCCc1nn(C)c2c(NCCc3ccccc3)nc(-c3cc(OC)c(OC)c(OC)c3)nc12. The first-order valence-corrected chi connectivity index (χ1v) is 11.4. The van der Waals surface area contributed by atoms with Gasteiger partial charge in [0, 0.05) is 19.2 Å². The van der Waals surface area contributed by atoms with Gasteiger partial charge in [0.15, 0.2) is 23.1 Å². The molecule has 0 aliphatic carbocycles. The Morgan fingerprint density at radius 3 is 2.24 bits per heavy atom. The molecule has 8 heteroatoms. The van der Waals surface area contributed by atoms with E-state index in [-0.39, 0.29) is 0 Å². The van der Waals surface area contributed by atoms with E-state index in [2.05, 4.69) is 36.5 Å². The van der Waals surface area contributed by atoms with Gasteiger partial charge < -0.3 is 19.5 Å². The molecular formula is C26H31N5O3. The lowest BCUT2D eigenvalue weighted by atomic mass is 10.1. The monoisotopic (exact) mass is 461 g/mol. The summed E-state index contributed by atoms with van der Waals surface area (Å²) in [7, 11) is 6.72. The normalized spacial score (nSPS) is 11.0. The van der Waals surface area contributed by atoms with Crippen LogP contribution in [0.15, 0.2) is 42.5 Å². The van der Waals surface area contributed by atoms with E-state index >= 15 is 0 Å². The number of ether oxygens (including phenoxy) is 3. The summed E-state index contributed by atoms with van der Waals surface area (Å²) in [5.74, 6) is 2.96. The topological polar surface area (TPSA) is 83.3 Å². The first-order valence-electron chi connectivity index (χ1n) is 11.4. The van der Waals surface area contributed by atoms with E-state index in [1.807, 2.05) is 29.9 Å². The predicted octanol–water partition coefficient (Wildman–Crippen LogP) is 4.66. The van der Waals surface area contributed by atoms with Crippen LogP contribution < -0.4 is 19.5 Å². The van der Waals surface area contributed by atoms with Gasteiger partial charge in [-0.05, 0) is 30.5 Å². The van der Waals surface area contributed by atoms with Crippen LogP contribution in [0.4, 0.5) is 5.82 Å². The third kappa shape index (κ3) is 4.62. The molecule has 4 aromatic rings. The molecule has 0 radical (unpaired) electrons. The maximum Gasteiger partial charge on any atom is 0.203 e. The Morgan fingerprint density at radius 1 is 0.912 bits per heavy atom. The quantitative estimate of drug-likeness (QED) is 0.368. The molecule has 8 nitrogen and oxygen atoms in total.